The highest BCUT2D eigenvalue weighted by Gasteiger charge is 2.57. The van der Waals surface area contributed by atoms with Gasteiger partial charge in [0.05, 0.1) is 31.5 Å². The van der Waals surface area contributed by atoms with Gasteiger partial charge in [-0.05, 0) is 55.7 Å². The van der Waals surface area contributed by atoms with E-state index in [0.717, 1.165) is 12.1 Å². The molecule has 44 heavy (non-hydrogen) atoms. The quantitative estimate of drug-likeness (QED) is 0.211. The lowest BCUT2D eigenvalue weighted by Crippen LogP contribution is -2.44. The fraction of sp³-hybridized carbons (Fsp3) is 0.300. The van der Waals surface area contributed by atoms with Crippen molar-refractivity contribution >= 4 is 38.8 Å². The van der Waals surface area contributed by atoms with Gasteiger partial charge in [0, 0.05) is 23.7 Å². The molecule has 0 bridgehead atoms. The molecule has 2 aliphatic rings. The van der Waals surface area contributed by atoms with Gasteiger partial charge in [0.25, 0.3) is 0 Å². The molecular weight excluding hydrogens is 597 g/mol. The van der Waals surface area contributed by atoms with E-state index in [1.807, 2.05) is 13.8 Å². The van der Waals surface area contributed by atoms with Gasteiger partial charge in [0.2, 0.25) is 11.8 Å². The van der Waals surface area contributed by atoms with Crippen LogP contribution in [0.1, 0.15) is 33.1 Å². The van der Waals surface area contributed by atoms with Gasteiger partial charge in [0.15, 0.2) is 17.2 Å². The fourth-order valence-corrected chi connectivity index (χ4v) is 4.82. The van der Waals surface area contributed by atoms with E-state index in [4.69, 9.17) is 18.8 Å². The van der Waals surface area contributed by atoms with Crippen LogP contribution in [0.5, 0.6) is 23.0 Å². The van der Waals surface area contributed by atoms with E-state index in [1.165, 1.54) is 7.11 Å². The van der Waals surface area contributed by atoms with E-state index >= 15 is 0 Å². The largest absolute Gasteiger partial charge is 0.493 e. The minimum absolute atomic E-state index is 0.222. The van der Waals surface area contributed by atoms with Crippen molar-refractivity contribution in [1.29, 1.82) is 0 Å². The summed E-state index contributed by atoms with van der Waals surface area (Å²) >= 11 is 0. The van der Waals surface area contributed by atoms with Gasteiger partial charge < -0.3 is 29.0 Å². The number of halogens is 1. The van der Waals surface area contributed by atoms with Crippen molar-refractivity contribution in [1.82, 2.24) is 10.3 Å². The smallest absolute Gasteiger partial charge is 0.446 e. The number of amides is 2. The van der Waals surface area contributed by atoms with E-state index in [9.17, 15) is 22.4 Å². The Bertz CT molecular complexity index is 1740. The summed E-state index contributed by atoms with van der Waals surface area (Å²) in [4.78, 5) is 30.5. The van der Waals surface area contributed by atoms with E-state index in [-0.39, 0.29) is 18.5 Å². The van der Waals surface area contributed by atoms with Crippen molar-refractivity contribution in [3.8, 4) is 23.0 Å². The number of carbonyl (C=O) groups excluding carboxylic acids is 2. The molecule has 0 spiro atoms. The maximum Gasteiger partial charge on any atom is 0.446 e. The predicted molar refractivity (Wildman–Crippen MR) is 159 cm³/mol. The van der Waals surface area contributed by atoms with Crippen molar-refractivity contribution in [2.75, 3.05) is 19.5 Å². The summed E-state index contributed by atoms with van der Waals surface area (Å²) in [6, 6.07) is 7.54. The van der Waals surface area contributed by atoms with Crippen LogP contribution in [0, 0.1) is 11.2 Å². The van der Waals surface area contributed by atoms with Crippen LogP contribution in [0.2, 0.25) is 0 Å². The third-order valence-corrected chi connectivity index (χ3v) is 7.21. The molecule has 2 aliphatic carbocycles. The number of hydrogen-bond donors (Lipinski definition) is 3. The number of nitrogens with zero attached hydrogens (tertiary/aromatic N) is 1. The lowest BCUT2D eigenvalue weighted by molar-refractivity contribution is -0.134. The Balaban J connectivity index is 0.00000216. The molecule has 1 fully saturated rings. The Labute approximate surface area is 253 Å². The summed E-state index contributed by atoms with van der Waals surface area (Å²) in [7, 11) is -1.91. The molecule has 5 rings (SSSR count). The minimum Gasteiger partial charge on any atom is -0.493 e. The average Bonchev–Trinajstić information content (AvgIpc) is 3.82. The molecule has 0 aliphatic heterocycles. The van der Waals surface area contributed by atoms with Gasteiger partial charge in [-0.1, -0.05) is 19.9 Å². The second-order valence-corrected chi connectivity index (χ2v) is 10.6. The van der Waals surface area contributed by atoms with Crippen molar-refractivity contribution < 1.29 is 45.3 Å². The first-order chi connectivity index (χ1) is 21.0. The first-order valence-corrected chi connectivity index (χ1v) is 15.0. The molecular formula is C30H32FN3O9S. The molecule has 1 heterocycles. The number of nitrogens with one attached hydrogen (secondary N) is 2. The molecule has 0 saturated heterocycles. The summed E-state index contributed by atoms with van der Waals surface area (Å²) in [5.41, 5.74) is -0.963. The number of anilines is 1. The third kappa shape index (κ3) is 7.26. The summed E-state index contributed by atoms with van der Waals surface area (Å²) < 4.78 is 66.0. The monoisotopic (exact) mass is 629 g/mol. The minimum atomic E-state index is -4.98. The van der Waals surface area contributed by atoms with Gasteiger partial charge in [0.1, 0.15) is 22.7 Å². The van der Waals surface area contributed by atoms with Crippen LogP contribution in [0.15, 0.2) is 66.6 Å². The lowest BCUT2D eigenvalue weighted by Gasteiger charge is -2.22. The normalized spacial score (nSPS) is 16.5. The first kappa shape index (κ1) is 32.2. The SMILES string of the molecule is CC.COc1cc2nccc(OC3=CCC(NC(=O)C4(C(=O)Nc5ccc(F)cc5OS(=O)(=O)O)CC4)C=C3)c2cc1OC. The Kier molecular flexibility index (Phi) is 9.75. The third-order valence-electron chi connectivity index (χ3n) is 6.82. The van der Waals surface area contributed by atoms with Crippen LogP contribution in [-0.2, 0) is 20.0 Å². The highest BCUT2D eigenvalue weighted by molar-refractivity contribution is 7.81. The Hall–Kier alpha value is -4.69. The molecule has 1 aromatic heterocycles. The Morgan fingerprint density at radius 2 is 1.70 bits per heavy atom. The second-order valence-electron chi connectivity index (χ2n) is 9.60. The van der Waals surface area contributed by atoms with Gasteiger partial charge in [-0.15, -0.1) is 0 Å². The van der Waals surface area contributed by atoms with Gasteiger partial charge in [-0.3, -0.25) is 19.1 Å². The van der Waals surface area contributed by atoms with Crippen molar-refractivity contribution in [2.45, 2.75) is 39.2 Å². The van der Waals surface area contributed by atoms with Gasteiger partial charge in [-0.2, -0.15) is 8.42 Å². The molecule has 234 valence electrons. The Morgan fingerprint density at radius 3 is 2.32 bits per heavy atom. The van der Waals surface area contributed by atoms with Crippen molar-refractivity contribution in [2.24, 2.45) is 5.41 Å². The number of carbonyl (C=O) groups is 2. The van der Waals surface area contributed by atoms with E-state index in [1.54, 1.807) is 49.7 Å². The second kappa shape index (κ2) is 13.3. The summed E-state index contributed by atoms with van der Waals surface area (Å²) in [5.74, 6) is -0.571. The maximum atomic E-state index is 13.6. The first-order valence-electron chi connectivity index (χ1n) is 13.7. The number of fused-ring (bicyclic) bond motifs is 1. The number of benzene rings is 2. The molecule has 1 unspecified atom stereocenters. The number of allylic oxidation sites excluding steroid dienone is 1. The van der Waals surface area contributed by atoms with Crippen LogP contribution in [0.3, 0.4) is 0 Å². The molecule has 1 saturated carbocycles. The molecule has 12 nitrogen and oxygen atoms in total. The molecule has 0 radical (unpaired) electrons. The highest BCUT2D eigenvalue weighted by atomic mass is 32.3. The molecule has 1 atom stereocenters. The predicted octanol–water partition coefficient (Wildman–Crippen LogP) is 4.73. The average molecular weight is 630 g/mol. The summed E-state index contributed by atoms with van der Waals surface area (Å²) in [5, 5.41) is 5.96. The number of rotatable bonds is 10. The number of aromatic nitrogens is 1. The fourth-order valence-electron chi connectivity index (χ4n) is 4.46. The zero-order chi connectivity index (χ0) is 32.1. The number of pyridine rings is 1. The number of hydrogen-bond acceptors (Lipinski definition) is 9. The molecule has 14 heteroatoms. The van der Waals surface area contributed by atoms with Crippen LogP contribution < -0.4 is 29.0 Å². The van der Waals surface area contributed by atoms with E-state index in [0.29, 0.717) is 46.4 Å². The van der Waals surface area contributed by atoms with Crippen LogP contribution in [0.25, 0.3) is 10.9 Å². The van der Waals surface area contributed by atoms with E-state index < -0.39 is 45.2 Å². The van der Waals surface area contributed by atoms with Crippen LogP contribution in [0.4, 0.5) is 10.1 Å². The number of methoxy groups -OCH3 is 2. The molecule has 3 aromatic rings. The van der Waals surface area contributed by atoms with Crippen LogP contribution >= 0.6 is 0 Å². The van der Waals surface area contributed by atoms with Crippen molar-refractivity contribution in [3.63, 3.8) is 0 Å². The molecule has 3 N–H and O–H groups in total. The zero-order valence-corrected chi connectivity index (χ0v) is 25.2. The topological polar surface area (TPSA) is 162 Å². The van der Waals surface area contributed by atoms with E-state index in [2.05, 4.69) is 19.8 Å². The van der Waals surface area contributed by atoms with Crippen LogP contribution in [-0.4, -0.2) is 50.0 Å². The molecule has 2 amide bonds. The number of ether oxygens (including phenoxy) is 3. The van der Waals surface area contributed by atoms with Gasteiger partial charge in [-0.25, -0.2) is 4.39 Å². The summed E-state index contributed by atoms with van der Waals surface area (Å²) in [6.07, 6.45) is 7.76. The zero-order valence-electron chi connectivity index (χ0n) is 24.4. The highest BCUT2D eigenvalue weighted by Crippen LogP contribution is 2.47. The lowest BCUT2D eigenvalue weighted by atomic mass is 10.0. The molecule has 2 aromatic carbocycles. The summed E-state index contributed by atoms with van der Waals surface area (Å²) in [6.45, 7) is 4.00. The van der Waals surface area contributed by atoms with Gasteiger partial charge >= 0.3 is 10.4 Å². The Morgan fingerprint density at radius 1 is 1.00 bits per heavy atom. The standard InChI is InChI=1S/C28H26FN3O9S.C2H6/c1-38-24-14-19-21(15-25(24)39-2)30-12-9-22(19)40-18-6-4-17(5-7-18)31-26(33)28(10-11-28)27(34)32-20-8-3-16(29)13-23(20)41-42(35,36)37;1-2/h3-4,6-9,12-15,17H,5,10-11H2,1-2H3,(H,31,33)(H,32,34)(H,35,36,37);1-2H3. The maximum absolute atomic E-state index is 13.6. The van der Waals surface area contributed by atoms with Crippen molar-refractivity contribution in [3.05, 3.63) is 72.4 Å².